The van der Waals surface area contributed by atoms with Gasteiger partial charge in [0.05, 0.1) is 19.1 Å². The molecule has 3 rings (SSSR count). The van der Waals surface area contributed by atoms with Gasteiger partial charge in [-0.25, -0.2) is 0 Å². The minimum Gasteiger partial charge on any atom is -0.493 e. The van der Waals surface area contributed by atoms with Gasteiger partial charge in [0.15, 0.2) is 11.5 Å². The fraction of sp³-hybridized carbons (Fsp3) is 0.261. The van der Waals surface area contributed by atoms with Gasteiger partial charge in [-0.05, 0) is 35.8 Å². The largest absolute Gasteiger partial charge is 0.493 e. The van der Waals surface area contributed by atoms with E-state index in [1.807, 2.05) is 42.5 Å². The van der Waals surface area contributed by atoms with E-state index in [0.717, 1.165) is 11.1 Å². The van der Waals surface area contributed by atoms with Gasteiger partial charge in [0.2, 0.25) is 5.91 Å². The van der Waals surface area contributed by atoms with Crippen LogP contribution in [0.1, 0.15) is 24.0 Å². The maximum absolute atomic E-state index is 12.8. The Kier molecular flexibility index (Phi) is 8.08. The Morgan fingerprint density at radius 2 is 1.87 bits per heavy atom. The molecule has 8 heteroatoms. The maximum atomic E-state index is 12.8. The van der Waals surface area contributed by atoms with Crippen LogP contribution in [-0.2, 0) is 16.1 Å². The zero-order valence-electron chi connectivity index (χ0n) is 17.4. The van der Waals surface area contributed by atoms with Gasteiger partial charge < -0.3 is 14.8 Å². The highest BCUT2D eigenvalue weighted by atomic mass is 32.2. The topological polar surface area (TPSA) is 67.9 Å². The second-order valence-corrected chi connectivity index (χ2v) is 8.49. The number of ether oxygens (including phenoxy) is 2. The van der Waals surface area contributed by atoms with Gasteiger partial charge in [-0.15, -0.1) is 0 Å². The zero-order valence-corrected chi connectivity index (χ0v) is 19.1. The molecule has 2 aromatic rings. The molecular formula is C23H24N2O4S2. The number of methoxy groups -OCH3 is 2. The van der Waals surface area contributed by atoms with E-state index in [9.17, 15) is 9.59 Å². The monoisotopic (exact) mass is 456 g/mol. The first kappa shape index (κ1) is 22.8. The predicted octanol–water partition coefficient (Wildman–Crippen LogP) is 4.00. The number of nitrogens with one attached hydrogen (secondary N) is 1. The van der Waals surface area contributed by atoms with Crippen LogP contribution in [0.2, 0.25) is 0 Å². The van der Waals surface area contributed by atoms with Crippen molar-refractivity contribution < 1.29 is 19.1 Å². The summed E-state index contributed by atoms with van der Waals surface area (Å²) in [4.78, 5) is 27.0. The molecule has 1 heterocycles. The van der Waals surface area contributed by atoms with E-state index in [1.165, 1.54) is 11.8 Å². The highest BCUT2D eigenvalue weighted by Crippen LogP contribution is 2.34. The van der Waals surface area contributed by atoms with Crippen LogP contribution < -0.4 is 14.8 Å². The Bertz CT molecular complexity index is 992. The molecule has 1 fully saturated rings. The summed E-state index contributed by atoms with van der Waals surface area (Å²) in [6, 6.07) is 15.2. The van der Waals surface area contributed by atoms with Gasteiger partial charge in [0, 0.05) is 19.5 Å². The highest BCUT2D eigenvalue weighted by molar-refractivity contribution is 8.26. The third-order valence-corrected chi connectivity index (χ3v) is 6.07. The molecule has 2 amide bonds. The third kappa shape index (κ3) is 6.08. The second-order valence-electron chi connectivity index (χ2n) is 6.81. The van der Waals surface area contributed by atoms with Crippen molar-refractivity contribution in [3.63, 3.8) is 0 Å². The number of carbonyl (C=O) groups excluding carboxylic acids is 2. The SMILES string of the molecule is COc1ccc(/C=C2\SC(=S)N(CCCC(=O)NCc3ccccc3)C2=O)cc1OC. The van der Waals surface area contributed by atoms with Crippen molar-refractivity contribution in [2.45, 2.75) is 19.4 Å². The van der Waals surface area contributed by atoms with E-state index in [4.69, 9.17) is 21.7 Å². The molecule has 31 heavy (non-hydrogen) atoms. The summed E-state index contributed by atoms with van der Waals surface area (Å²) in [5, 5.41) is 2.89. The molecule has 1 saturated heterocycles. The van der Waals surface area contributed by atoms with Crippen LogP contribution in [0.4, 0.5) is 0 Å². The van der Waals surface area contributed by atoms with E-state index in [2.05, 4.69) is 5.32 Å². The molecule has 0 unspecified atom stereocenters. The fourth-order valence-electron chi connectivity index (χ4n) is 3.07. The fourth-order valence-corrected chi connectivity index (χ4v) is 4.38. The molecule has 0 bridgehead atoms. The van der Waals surface area contributed by atoms with Crippen molar-refractivity contribution >= 4 is 46.2 Å². The lowest BCUT2D eigenvalue weighted by Gasteiger charge is -2.14. The average molecular weight is 457 g/mol. The van der Waals surface area contributed by atoms with Crippen LogP contribution in [0.5, 0.6) is 11.5 Å². The summed E-state index contributed by atoms with van der Waals surface area (Å²) in [5.74, 6) is 1.02. The van der Waals surface area contributed by atoms with E-state index >= 15 is 0 Å². The zero-order chi connectivity index (χ0) is 22.2. The van der Waals surface area contributed by atoms with Crippen LogP contribution in [0.15, 0.2) is 53.4 Å². The van der Waals surface area contributed by atoms with Gasteiger partial charge >= 0.3 is 0 Å². The molecule has 0 aromatic heterocycles. The van der Waals surface area contributed by atoms with Crippen molar-refractivity contribution in [3.8, 4) is 11.5 Å². The number of hydrogen-bond acceptors (Lipinski definition) is 6. The smallest absolute Gasteiger partial charge is 0.266 e. The number of thiocarbonyl (C=S) groups is 1. The first-order valence-electron chi connectivity index (χ1n) is 9.80. The molecule has 1 aliphatic rings. The molecular weight excluding hydrogens is 432 g/mol. The van der Waals surface area contributed by atoms with E-state index < -0.39 is 0 Å². The minimum absolute atomic E-state index is 0.0461. The molecule has 2 aromatic carbocycles. The Morgan fingerprint density at radius 1 is 1.13 bits per heavy atom. The van der Waals surface area contributed by atoms with Crippen LogP contribution in [0.3, 0.4) is 0 Å². The Labute approximate surface area is 191 Å². The van der Waals surface area contributed by atoms with Crippen LogP contribution in [0.25, 0.3) is 6.08 Å². The first-order valence-corrected chi connectivity index (χ1v) is 11.0. The van der Waals surface area contributed by atoms with Gasteiger partial charge in [0.25, 0.3) is 5.91 Å². The third-order valence-electron chi connectivity index (χ3n) is 4.70. The molecule has 0 atom stereocenters. The molecule has 1 N–H and O–H groups in total. The molecule has 0 spiro atoms. The van der Waals surface area contributed by atoms with Crippen molar-refractivity contribution in [1.29, 1.82) is 0 Å². The Morgan fingerprint density at radius 3 is 2.58 bits per heavy atom. The van der Waals surface area contributed by atoms with Gasteiger partial charge in [-0.3, -0.25) is 14.5 Å². The van der Waals surface area contributed by atoms with E-state index in [0.29, 0.717) is 46.7 Å². The standard InChI is InChI=1S/C23H24N2O4S2/c1-28-18-11-10-17(13-19(18)29-2)14-20-22(27)25(23(30)31-20)12-6-9-21(26)24-15-16-7-4-3-5-8-16/h3-5,7-8,10-11,13-14H,6,9,12,15H2,1-2H3,(H,24,26)/b20-14-. The number of nitrogens with zero attached hydrogens (tertiary/aromatic N) is 1. The lowest BCUT2D eigenvalue weighted by Crippen LogP contribution is -2.30. The number of hydrogen-bond donors (Lipinski definition) is 1. The molecule has 6 nitrogen and oxygen atoms in total. The molecule has 0 radical (unpaired) electrons. The van der Waals surface area contributed by atoms with E-state index in [1.54, 1.807) is 31.3 Å². The quantitative estimate of drug-likeness (QED) is 0.454. The summed E-state index contributed by atoms with van der Waals surface area (Å²) >= 11 is 6.64. The van der Waals surface area contributed by atoms with Crippen LogP contribution in [-0.4, -0.2) is 41.8 Å². The number of amides is 2. The van der Waals surface area contributed by atoms with Gasteiger partial charge in [-0.2, -0.15) is 0 Å². The number of thioether (sulfide) groups is 1. The molecule has 1 aliphatic heterocycles. The van der Waals surface area contributed by atoms with Crippen molar-refractivity contribution in [2.24, 2.45) is 0 Å². The number of carbonyl (C=O) groups is 2. The Balaban J connectivity index is 1.53. The summed E-state index contributed by atoms with van der Waals surface area (Å²) in [5.41, 5.74) is 1.87. The highest BCUT2D eigenvalue weighted by Gasteiger charge is 2.31. The normalized spacial score (nSPS) is 14.8. The number of rotatable bonds is 9. The van der Waals surface area contributed by atoms with Crippen LogP contribution in [0, 0.1) is 0 Å². The van der Waals surface area contributed by atoms with Gasteiger partial charge in [-0.1, -0.05) is 60.4 Å². The second kappa shape index (κ2) is 11.0. The Hall–Kier alpha value is -2.84. The van der Waals surface area contributed by atoms with Crippen LogP contribution >= 0.6 is 24.0 Å². The lowest BCUT2D eigenvalue weighted by molar-refractivity contribution is -0.124. The summed E-state index contributed by atoms with van der Waals surface area (Å²) in [6.45, 7) is 0.904. The molecule has 0 saturated carbocycles. The molecule has 0 aliphatic carbocycles. The summed E-state index contributed by atoms with van der Waals surface area (Å²) in [7, 11) is 3.14. The first-order chi connectivity index (χ1) is 15.0. The molecule has 162 valence electrons. The lowest BCUT2D eigenvalue weighted by atomic mass is 10.2. The van der Waals surface area contributed by atoms with Gasteiger partial charge in [0.1, 0.15) is 4.32 Å². The van der Waals surface area contributed by atoms with Crippen molar-refractivity contribution in [3.05, 3.63) is 64.6 Å². The maximum Gasteiger partial charge on any atom is 0.266 e. The van der Waals surface area contributed by atoms with Crippen molar-refractivity contribution in [1.82, 2.24) is 10.2 Å². The predicted molar refractivity (Wildman–Crippen MR) is 127 cm³/mol. The summed E-state index contributed by atoms with van der Waals surface area (Å²) < 4.78 is 11.1. The average Bonchev–Trinajstić information content (AvgIpc) is 3.05. The minimum atomic E-state index is -0.144. The summed E-state index contributed by atoms with van der Waals surface area (Å²) in [6.07, 6.45) is 2.66. The van der Waals surface area contributed by atoms with E-state index in [-0.39, 0.29) is 11.8 Å². The van der Waals surface area contributed by atoms with Crippen molar-refractivity contribution in [2.75, 3.05) is 20.8 Å². The number of benzene rings is 2.